The normalized spacial score (nSPS) is 10.8. The van der Waals surface area contributed by atoms with Gasteiger partial charge in [0.05, 0.1) is 7.11 Å². The minimum absolute atomic E-state index is 0.0179. The average molecular weight is 416 g/mol. The maximum absolute atomic E-state index is 12.1. The number of amides is 1. The number of ether oxygens (including phenoxy) is 2. The number of hydrogen-bond acceptors (Lipinski definition) is 5. The lowest BCUT2D eigenvalue weighted by molar-refractivity contribution is -0.123. The number of fused-ring (bicyclic) bond motifs is 1. The number of carbonyl (C=O) groups excluding carboxylic acids is 1. The Morgan fingerprint density at radius 3 is 2.39 bits per heavy atom. The molecule has 4 rings (SSSR count). The zero-order chi connectivity index (χ0) is 21.6. The summed E-state index contributed by atoms with van der Waals surface area (Å²) in [5.41, 5.74) is 4.52. The summed E-state index contributed by atoms with van der Waals surface area (Å²) in [6.07, 6.45) is 0.973. The van der Waals surface area contributed by atoms with E-state index in [2.05, 4.69) is 17.2 Å². The van der Waals surface area contributed by atoms with E-state index in [9.17, 15) is 4.79 Å². The molecule has 0 fully saturated rings. The summed E-state index contributed by atoms with van der Waals surface area (Å²) in [6.45, 7) is 2.50. The smallest absolute Gasteiger partial charge is 0.258 e. The molecular weight excluding hydrogens is 392 g/mol. The molecule has 3 aromatic carbocycles. The van der Waals surface area contributed by atoms with E-state index in [1.807, 2.05) is 66.7 Å². The van der Waals surface area contributed by atoms with Crippen molar-refractivity contribution in [3.05, 3.63) is 77.9 Å². The Bertz CT molecular complexity index is 1160. The first kappa shape index (κ1) is 20.5. The molecular formula is C25H24N2O4. The number of hydrogen-bond donors (Lipinski definition) is 1. The molecule has 4 aromatic rings. The van der Waals surface area contributed by atoms with Gasteiger partial charge in [0, 0.05) is 18.2 Å². The van der Waals surface area contributed by atoms with Gasteiger partial charge in [-0.2, -0.15) is 0 Å². The van der Waals surface area contributed by atoms with Gasteiger partial charge < -0.3 is 19.2 Å². The van der Waals surface area contributed by atoms with E-state index in [1.54, 1.807) is 7.11 Å². The molecule has 0 bridgehead atoms. The number of oxazole rings is 1. The molecule has 1 aromatic heterocycles. The van der Waals surface area contributed by atoms with E-state index in [0.29, 0.717) is 23.8 Å². The Balaban J connectivity index is 1.31. The van der Waals surface area contributed by atoms with E-state index >= 15 is 0 Å². The fourth-order valence-electron chi connectivity index (χ4n) is 3.14. The van der Waals surface area contributed by atoms with E-state index in [-0.39, 0.29) is 12.5 Å². The second-order valence-electron chi connectivity index (χ2n) is 7.11. The Labute approximate surface area is 180 Å². The molecule has 6 heteroatoms. The number of carbonyl (C=O) groups is 1. The molecule has 31 heavy (non-hydrogen) atoms. The molecule has 1 amide bonds. The average Bonchev–Trinajstić information content (AvgIpc) is 3.25. The number of nitrogens with zero attached hydrogens (tertiary/aromatic N) is 1. The molecule has 0 saturated heterocycles. The number of aromatic nitrogens is 1. The van der Waals surface area contributed by atoms with Crippen molar-refractivity contribution >= 4 is 17.0 Å². The van der Waals surface area contributed by atoms with Crippen molar-refractivity contribution < 1.29 is 18.7 Å². The van der Waals surface area contributed by atoms with Crippen molar-refractivity contribution in [3.8, 4) is 23.0 Å². The van der Waals surface area contributed by atoms with Crippen LogP contribution in [0.2, 0.25) is 0 Å². The molecule has 1 N–H and O–H groups in total. The van der Waals surface area contributed by atoms with E-state index in [1.165, 1.54) is 5.56 Å². The van der Waals surface area contributed by atoms with Crippen molar-refractivity contribution in [1.82, 2.24) is 10.3 Å². The van der Waals surface area contributed by atoms with Gasteiger partial charge in [0.2, 0.25) is 5.89 Å². The third-order valence-electron chi connectivity index (χ3n) is 4.99. The van der Waals surface area contributed by atoms with Crippen LogP contribution in [0.15, 0.2) is 71.1 Å². The number of aryl methyl sites for hydroxylation is 1. The minimum atomic E-state index is -0.170. The lowest BCUT2D eigenvalue weighted by Crippen LogP contribution is -2.28. The van der Waals surface area contributed by atoms with Crippen LogP contribution in [0.4, 0.5) is 0 Å². The van der Waals surface area contributed by atoms with Crippen LogP contribution in [0.5, 0.6) is 11.5 Å². The highest BCUT2D eigenvalue weighted by molar-refractivity contribution is 5.78. The summed E-state index contributed by atoms with van der Waals surface area (Å²) in [5.74, 6) is 1.80. The van der Waals surface area contributed by atoms with Crippen LogP contribution in [0, 0.1) is 0 Å². The van der Waals surface area contributed by atoms with Gasteiger partial charge in [-0.25, -0.2) is 4.98 Å². The predicted octanol–water partition coefficient (Wildman–Crippen LogP) is 4.76. The lowest BCUT2D eigenvalue weighted by Gasteiger charge is -2.08. The van der Waals surface area contributed by atoms with Crippen LogP contribution in [-0.4, -0.2) is 24.6 Å². The van der Waals surface area contributed by atoms with Gasteiger partial charge in [0.1, 0.15) is 17.0 Å². The molecule has 158 valence electrons. The van der Waals surface area contributed by atoms with Crippen LogP contribution in [0.3, 0.4) is 0 Å². The highest BCUT2D eigenvalue weighted by Gasteiger charge is 2.10. The van der Waals surface area contributed by atoms with Gasteiger partial charge >= 0.3 is 0 Å². The largest absolute Gasteiger partial charge is 0.497 e. The van der Waals surface area contributed by atoms with Gasteiger partial charge in [-0.05, 0) is 53.9 Å². The van der Waals surface area contributed by atoms with Crippen molar-refractivity contribution in [2.45, 2.75) is 19.9 Å². The molecule has 6 nitrogen and oxygen atoms in total. The van der Waals surface area contributed by atoms with Crippen LogP contribution in [0.1, 0.15) is 18.1 Å². The third kappa shape index (κ3) is 5.04. The fraction of sp³-hybridized carbons (Fsp3) is 0.200. The number of nitrogens with one attached hydrogen (secondary N) is 1. The standard InChI is InChI=1S/C25H24N2O4/c1-3-17-6-10-20(11-7-17)30-16-24(28)26-15-18-4-8-19(9-5-18)25-27-22-14-21(29-2)12-13-23(22)31-25/h4-14H,3,15-16H2,1-2H3,(H,26,28). The van der Waals surface area contributed by atoms with E-state index < -0.39 is 0 Å². The van der Waals surface area contributed by atoms with Crippen LogP contribution in [0.25, 0.3) is 22.6 Å². The van der Waals surface area contributed by atoms with Crippen molar-refractivity contribution in [1.29, 1.82) is 0 Å². The highest BCUT2D eigenvalue weighted by Crippen LogP contribution is 2.27. The van der Waals surface area contributed by atoms with Crippen molar-refractivity contribution in [3.63, 3.8) is 0 Å². The zero-order valence-corrected chi connectivity index (χ0v) is 17.6. The molecule has 1 heterocycles. The van der Waals surface area contributed by atoms with Gasteiger partial charge in [-0.15, -0.1) is 0 Å². The first-order valence-electron chi connectivity index (χ1n) is 10.2. The maximum Gasteiger partial charge on any atom is 0.258 e. The molecule has 0 radical (unpaired) electrons. The summed E-state index contributed by atoms with van der Waals surface area (Å²) in [4.78, 5) is 16.6. The Hall–Kier alpha value is -3.80. The predicted molar refractivity (Wildman–Crippen MR) is 119 cm³/mol. The molecule has 0 unspecified atom stereocenters. The van der Waals surface area contributed by atoms with Crippen LogP contribution < -0.4 is 14.8 Å². The van der Waals surface area contributed by atoms with Gasteiger partial charge in [0.25, 0.3) is 5.91 Å². The highest BCUT2D eigenvalue weighted by atomic mass is 16.5. The molecule has 0 aliphatic heterocycles. The van der Waals surface area contributed by atoms with Crippen LogP contribution >= 0.6 is 0 Å². The fourth-order valence-corrected chi connectivity index (χ4v) is 3.14. The van der Waals surface area contributed by atoms with Gasteiger partial charge in [-0.1, -0.05) is 31.2 Å². The van der Waals surface area contributed by atoms with Crippen LogP contribution in [-0.2, 0) is 17.8 Å². The molecule has 0 saturated carbocycles. The first-order chi connectivity index (χ1) is 15.1. The Morgan fingerprint density at radius 2 is 1.68 bits per heavy atom. The number of benzene rings is 3. The summed E-state index contributed by atoms with van der Waals surface area (Å²) >= 11 is 0. The first-order valence-corrected chi connectivity index (χ1v) is 10.2. The maximum atomic E-state index is 12.1. The molecule has 0 atom stereocenters. The SMILES string of the molecule is CCc1ccc(OCC(=O)NCc2ccc(-c3nc4cc(OC)ccc4o3)cc2)cc1. The Kier molecular flexibility index (Phi) is 6.17. The number of methoxy groups -OCH3 is 1. The zero-order valence-electron chi connectivity index (χ0n) is 17.6. The van der Waals surface area contributed by atoms with Crippen molar-refractivity contribution in [2.75, 3.05) is 13.7 Å². The lowest BCUT2D eigenvalue weighted by atomic mass is 10.1. The Morgan fingerprint density at radius 1 is 0.968 bits per heavy atom. The quantitative estimate of drug-likeness (QED) is 0.448. The minimum Gasteiger partial charge on any atom is -0.497 e. The molecule has 0 aliphatic carbocycles. The van der Waals surface area contributed by atoms with E-state index in [4.69, 9.17) is 13.9 Å². The van der Waals surface area contributed by atoms with Gasteiger partial charge in [0.15, 0.2) is 12.2 Å². The van der Waals surface area contributed by atoms with Gasteiger partial charge in [-0.3, -0.25) is 4.79 Å². The number of rotatable bonds is 8. The topological polar surface area (TPSA) is 73.6 Å². The molecule has 0 spiro atoms. The second kappa shape index (κ2) is 9.34. The second-order valence-corrected chi connectivity index (χ2v) is 7.11. The third-order valence-corrected chi connectivity index (χ3v) is 4.99. The summed E-state index contributed by atoms with van der Waals surface area (Å²) < 4.78 is 16.6. The van der Waals surface area contributed by atoms with E-state index in [0.717, 1.165) is 28.8 Å². The monoisotopic (exact) mass is 416 g/mol. The van der Waals surface area contributed by atoms with Crippen molar-refractivity contribution in [2.24, 2.45) is 0 Å². The summed E-state index contributed by atoms with van der Waals surface area (Å²) in [6, 6.07) is 21.0. The summed E-state index contributed by atoms with van der Waals surface area (Å²) in [7, 11) is 1.62. The molecule has 0 aliphatic rings. The summed E-state index contributed by atoms with van der Waals surface area (Å²) in [5, 5.41) is 2.87.